The molecule has 6 heteroatoms. The second-order valence-electron chi connectivity index (χ2n) is 7.82. The number of allylic oxidation sites excluding steroid dienone is 1. The number of Topliss-reactive ketones (excluding diaryl/α,β-unsaturated/α-hetero) is 1. The van der Waals surface area contributed by atoms with Crippen LogP contribution in [-0.2, 0) is 0 Å². The third-order valence-corrected chi connectivity index (χ3v) is 5.75. The van der Waals surface area contributed by atoms with Crippen molar-refractivity contribution in [1.29, 1.82) is 0 Å². The fourth-order valence-electron chi connectivity index (χ4n) is 3.67. The maximum atomic E-state index is 13.5. The molecule has 0 bridgehead atoms. The molecule has 156 valence electrons. The zero-order valence-electron chi connectivity index (χ0n) is 17.0. The molecule has 0 unspecified atom stereocenters. The van der Waals surface area contributed by atoms with Gasteiger partial charge in [-0.25, -0.2) is 13.8 Å². The van der Waals surface area contributed by atoms with Gasteiger partial charge in [-0.05, 0) is 50.5 Å². The third-order valence-electron chi connectivity index (χ3n) is 5.75. The van der Waals surface area contributed by atoms with Crippen LogP contribution in [-0.4, -0.2) is 35.5 Å². The smallest absolute Gasteiger partial charge is 0.248 e. The van der Waals surface area contributed by atoms with Crippen molar-refractivity contribution in [3.63, 3.8) is 0 Å². The van der Waals surface area contributed by atoms with Crippen LogP contribution in [0.2, 0.25) is 0 Å². The van der Waals surface area contributed by atoms with E-state index in [-0.39, 0.29) is 30.6 Å². The Morgan fingerprint density at radius 2 is 2.07 bits per heavy atom. The monoisotopic (exact) mass is 395 g/mol. The Kier molecular flexibility index (Phi) is 8.10. The molecule has 28 heavy (non-hydrogen) atoms. The van der Waals surface area contributed by atoms with Crippen LogP contribution in [0.25, 0.3) is 6.08 Å². The summed E-state index contributed by atoms with van der Waals surface area (Å²) in [6, 6.07) is 1.70. The standard InChI is InChI=1S/C22H31F2NO3/c1-4-15(14-26)11-20(27)19-12-17(21(28-3)13-25-19)8-5-16-6-9-18(10-7-16)22(2,23)24/h5,8,12-13,15-16,18,26H,4,6-7,9-11,14H2,1-3H3/b8-5+/t15-,16?,18?/m0/s1. The van der Waals surface area contributed by atoms with Crippen molar-refractivity contribution in [3.8, 4) is 5.75 Å². The first kappa shape index (κ1) is 22.5. The van der Waals surface area contributed by atoms with Gasteiger partial charge in [-0.15, -0.1) is 0 Å². The average Bonchev–Trinajstić information content (AvgIpc) is 2.69. The van der Waals surface area contributed by atoms with Gasteiger partial charge in [0.05, 0.1) is 13.3 Å². The van der Waals surface area contributed by atoms with E-state index in [1.165, 1.54) is 6.20 Å². The predicted molar refractivity (Wildman–Crippen MR) is 106 cm³/mol. The molecule has 1 heterocycles. The molecule has 0 saturated heterocycles. The number of pyridine rings is 1. The fraction of sp³-hybridized carbons (Fsp3) is 0.636. The Morgan fingerprint density at radius 1 is 1.39 bits per heavy atom. The third kappa shape index (κ3) is 6.09. The van der Waals surface area contributed by atoms with Gasteiger partial charge in [0.25, 0.3) is 0 Å². The Morgan fingerprint density at radius 3 is 2.61 bits per heavy atom. The molecular weight excluding hydrogens is 364 g/mol. The van der Waals surface area contributed by atoms with Crippen LogP contribution in [0, 0.1) is 17.8 Å². The molecule has 0 amide bonds. The van der Waals surface area contributed by atoms with E-state index in [1.807, 2.05) is 19.1 Å². The van der Waals surface area contributed by atoms with E-state index >= 15 is 0 Å². The summed E-state index contributed by atoms with van der Waals surface area (Å²) in [4.78, 5) is 16.6. The van der Waals surface area contributed by atoms with Gasteiger partial charge in [0.2, 0.25) is 5.92 Å². The molecule has 0 aliphatic heterocycles. The molecule has 1 fully saturated rings. The van der Waals surface area contributed by atoms with Gasteiger partial charge >= 0.3 is 0 Å². The van der Waals surface area contributed by atoms with E-state index in [0.717, 1.165) is 31.7 Å². The van der Waals surface area contributed by atoms with Gasteiger partial charge in [0.15, 0.2) is 5.78 Å². The molecule has 0 aromatic carbocycles. The van der Waals surface area contributed by atoms with Gasteiger partial charge in [0, 0.05) is 24.5 Å². The summed E-state index contributed by atoms with van der Waals surface area (Å²) in [5.41, 5.74) is 1.10. The minimum Gasteiger partial charge on any atom is -0.495 e. The Bertz CT molecular complexity index is 673. The number of hydrogen-bond donors (Lipinski definition) is 1. The molecule has 1 N–H and O–H groups in total. The van der Waals surface area contributed by atoms with Crippen molar-refractivity contribution in [1.82, 2.24) is 4.98 Å². The maximum absolute atomic E-state index is 13.5. The lowest BCUT2D eigenvalue weighted by atomic mass is 9.79. The highest BCUT2D eigenvalue weighted by Gasteiger charge is 2.36. The number of carbonyl (C=O) groups excluding carboxylic acids is 1. The number of aromatic nitrogens is 1. The number of methoxy groups -OCH3 is 1. The van der Waals surface area contributed by atoms with Crippen molar-refractivity contribution in [2.24, 2.45) is 17.8 Å². The fourth-order valence-corrected chi connectivity index (χ4v) is 3.67. The molecule has 1 atom stereocenters. The number of rotatable bonds is 9. The van der Waals surface area contributed by atoms with E-state index in [0.29, 0.717) is 24.3 Å². The second-order valence-corrected chi connectivity index (χ2v) is 7.82. The van der Waals surface area contributed by atoms with E-state index in [9.17, 15) is 18.7 Å². The summed E-state index contributed by atoms with van der Waals surface area (Å²) >= 11 is 0. The number of aliphatic hydroxyl groups is 1. The van der Waals surface area contributed by atoms with Crippen molar-refractivity contribution < 1.29 is 23.4 Å². The number of ketones is 1. The Balaban J connectivity index is 2.08. The van der Waals surface area contributed by atoms with Crippen LogP contribution in [0.15, 0.2) is 18.3 Å². The summed E-state index contributed by atoms with van der Waals surface area (Å²) in [5.74, 6) is -2.50. The van der Waals surface area contributed by atoms with E-state index in [2.05, 4.69) is 4.98 Å². The normalized spacial score (nSPS) is 21.6. The first-order valence-electron chi connectivity index (χ1n) is 10.0. The van der Waals surface area contributed by atoms with Gasteiger partial charge < -0.3 is 9.84 Å². The van der Waals surface area contributed by atoms with Crippen LogP contribution in [0.3, 0.4) is 0 Å². The largest absolute Gasteiger partial charge is 0.495 e. The van der Waals surface area contributed by atoms with Crippen molar-refractivity contribution in [3.05, 3.63) is 29.6 Å². The first-order chi connectivity index (χ1) is 13.3. The summed E-state index contributed by atoms with van der Waals surface area (Å²) < 4.78 is 32.3. The van der Waals surface area contributed by atoms with Gasteiger partial charge in [-0.3, -0.25) is 4.79 Å². The number of hydrogen-bond acceptors (Lipinski definition) is 4. The molecule has 1 aromatic rings. The molecule has 1 aliphatic rings. The van der Waals surface area contributed by atoms with Crippen LogP contribution in [0.4, 0.5) is 8.78 Å². The Hall–Kier alpha value is -1.82. The van der Waals surface area contributed by atoms with Gasteiger partial charge in [-0.2, -0.15) is 0 Å². The summed E-state index contributed by atoms with van der Waals surface area (Å²) in [7, 11) is 1.54. The average molecular weight is 395 g/mol. The lowest BCUT2D eigenvalue weighted by Gasteiger charge is -2.30. The van der Waals surface area contributed by atoms with Crippen LogP contribution in [0.5, 0.6) is 5.75 Å². The topological polar surface area (TPSA) is 59.4 Å². The Labute approximate surface area is 166 Å². The maximum Gasteiger partial charge on any atom is 0.248 e. The molecule has 1 aliphatic carbocycles. The predicted octanol–water partition coefficient (Wildman–Crippen LogP) is 5.16. The van der Waals surface area contributed by atoms with Gasteiger partial charge in [0.1, 0.15) is 11.4 Å². The highest BCUT2D eigenvalue weighted by Crippen LogP contribution is 2.39. The number of aliphatic hydroxyl groups excluding tert-OH is 1. The lowest BCUT2D eigenvalue weighted by Crippen LogP contribution is -2.28. The van der Waals surface area contributed by atoms with Crippen molar-refractivity contribution in [2.45, 2.75) is 58.3 Å². The minimum absolute atomic E-state index is 0.0232. The molecule has 0 spiro atoms. The van der Waals surface area contributed by atoms with Crippen LogP contribution < -0.4 is 4.74 Å². The SMILES string of the molecule is CC[C@H](CO)CC(=O)c1cc(/C=C/C2CCC(C(C)(F)F)CC2)c(OC)cn1. The zero-order chi connectivity index (χ0) is 20.7. The molecule has 1 saturated carbocycles. The van der Waals surface area contributed by atoms with Gasteiger partial charge in [-0.1, -0.05) is 25.5 Å². The molecule has 4 nitrogen and oxygen atoms in total. The minimum atomic E-state index is -2.61. The van der Waals surface area contributed by atoms with E-state index in [4.69, 9.17) is 4.74 Å². The molecular formula is C22H31F2NO3. The number of alkyl halides is 2. The highest BCUT2D eigenvalue weighted by molar-refractivity contribution is 5.95. The van der Waals surface area contributed by atoms with Crippen LogP contribution >= 0.6 is 0 Å². The summed E-state index contributed by atoms with van der Waals surface area (Å²) in [6.07, 6.45) is 8.95. The molecule has 2 rings (SSSR count). The number of halogens is 2. The van der Waals surface area contributed by atoms with E-state index in [1.54, 1.807) is 13.2 Å². The van der Waals surface area contributed by atoms with Crippen molar-refractivity contribution in [2.75, 3.05) is 13.7 Å². The van der Waals surface area contributed by atoms with E-state index < -0.39 is 11.8 Å². The summed E-state index contributed by atoms with van der Waals surface area (Å²) in [6.45, 7) is 2.92. The lowest BCUT2D eigenvalue weighted by molar-refractivity contribution is -0.0558. The number of carbonyl (C=O) groups is 1. The van der Waals surface area contributed by atoms with Crippen molar-refractivity contribution >= 4 is 11.9 Å². The first-order valence-corrected chi connectivity index (χ1v) is 10.0. The van der Waals surface area contributed by atoms with Crippen LogP contribution in [0.1, 0.15) is 68.4 Å². The number of nitrogens with zero attached hydrogens (tertiary/aromatic N) is 1. The number of ether oxygens (including phenoxy) is 1. The second kappa shape index (κ2) is 10.1. The zero-order valence-corrected chi connectivity index (χ0v) is 17.0. The summed E-state index contributed by atoms with van der Waals surface area (Å²) in [5, 5.41) is 9.31. The highest BCUT2D eigenvalue weighted by atomic mass is 19.3. The molecule has 0 radical (unpaired) electrons. The molecule has 1 aromatic heterocycles. The quantitative estimate of drug-likeness (QED) is 0.587.